The van der Waals surface area contributed by atoms with Crippen LogP contribution >= 0.6 is 0 Å². The normalized spacial score (nSPS) is 23.4. The summed E-state index contributed by atoms with van der Waals surface area (Å²) in [7, 11) is 0. The zero-order chi connectivity index (χ0) is 16.1. The zero-order valence-electron chi connectivity index (χ0n) is 13.5. The van der Waals surface area contributed by atoms with Gasteiger partial charge in [-0.15, -0.1) is 0 Å². The molecule has 0 radical (unpaired) electrons. The molecule has 2 fully saturated rings. The second-order valence-corrected chi connectivity index (χ2v) is 6.53. The number of fused-ring (bicyclic) bond motifs is 2. The van der Waals surface area contributed by atoms with Crippen LogP contribution in [0.3, 0.4) is 0 Å². The smallest absolute Gasteiger partial charge is 0.224 e. The van der Waals surface area contributed by atoms with E-state index >= 15 is 0 Å². The molecule has 2 unspecified atom stereocenters. The summed E-state index contributed by atoms with van der Waals surface area (Å²) >= 11 is 0. The molecule has 0 aliphatic carbocycles. The summed E-state index contributed by atoms with van der Waals surface area (Å²) in [5, 5.41) is 6.42. The molecule has 124 valence electrons. The largest absolute Gasteiger partial charge is 0.355 e. The van der Waals surface area contributed by atoms with Crippen LogP contribution in [-0.4, -0.2) is 48.4 Å². The quantitative estimate of drug-likeness (QED) is 0.855. The Morgan fingerprint density at radius 1 is 1.13 bits per heavy atom. The topological polar surface area (TPSA) is 61.4 Å². The maximum absolute atomic E-state index is 12.3. The lowest BCUT2D eigenvalue weighted by Crippen LogP contribution is -2.40. The van der Waals surface area contributed by atoms with Crippen molar-refractivity contribution in [2.24, 2.45) is 0 Å². The monoisotopic (exact) mass is 315 g/mol. The number of likely N-dealkylation sites (tertiary alicyclic amines) is 1. The maximum Gasteiger partial charge on any atom is 0.224 e. The lowest BCUT2D eigenvalue weighted by molar-refractivity contribution is -0.131. The summed E-state index contributed by atoms with van der Waals surface area (Å²) < 4.78 is 0. The van der Waals surface area contributed by atoms with E-state index in [0.717, 1.165) is 25.1 Å². The van der Waals surface area contributed by atoms with Gasteiger partial charge in [0.2, 0.25) is 11.8 Å². The second-order valence-electron chi connectivity index (χ2n) is 6.53. The highest BCUT2D eigenvalue weighted by Crippen LogP contribution is 2.20. The van der Waals surface area contributed by atoms with Gasteiger partial charge in [0.15, 0.2) is 0 Å². The van der Waals surface area contributed by atoms with Gasteiger partial charge in [0.1, 0.15) is 0 Å². The summed E-state index contributed by atoms with van der Waals surface area (Å²) in [6.45, 7) is 2.07. The summed E-state index contributed by atoms with van der Waals surface area (Å²) in [6, 6.07) is 10.7. The Bertz CT molecular complexity index is 546. The fourth-order valence-electron chi connectivity index (χ4n) is 3.48. The van der Waals surface area contributed by atoms with E-state index in [2.05, 4.69) is 10.6 Å². The molecule has 23 heavy (non-hydrogen) atoms. The minimum atomic E-state index is -0.0272. The van der Waals surface area contributed by atoms with Crippen LogP contribution in [0.1, 0.15) is 31.2 Å². The van der Waals surface area contributed by atoms with Crippen LogP contribution in [0.5, 0.6) is 0 Å². The molecule has 2 saturated heterocycles. The van der Waals surface area contributed by atoms with Crippen LogP contribution in [-0.2, 0) is 16.0 Å². The SMILES string of the molecule is O=C(Cc1ccccc1)NCCC(=O)N1CCC2CCC(C1)N2. The van der Waals surface area contributed by atoms with Gasteiger partial charge in [-0.3, -0.25) is 9.59 Å². The van der Waals surface area contributed by atoms with E-state index in [9.17, 15) is 9.59 Å². The molecule has 0 spiro atoms. The van der Waals surface area contributed by atoms with Gasteiger partial charge >= 0.3 is 0 Å². The van der Waals surface area contributed by atoms with E-state index in [4.69, 9.17) is 0 Å². The average Bonchev–Trinajstić information content (AvgIpc) is 2.87. The number of hydrogen-bond donors (Lipinski definition) is 2. The van der Waals surface area contributed by atoms with Crippen LogP contribution in [0.15, 0.2) is 30.3 Å². The van der Waals surface area contributed by atoms with E-state index in [1.165, 1.54) is 12.8 Å². The molecule has 2 heterocycles. The molecule has 1 aromatic carbocycles. The minimum absolute atomic E-state index is 0.0272. The Hall–Kier alpha value is -1.88. The fourth-order valence-corrected chi connectivity index (χ4v) is 3.48. The summed E-state index contributed by atoms with van der Waals surface area (Å²) in [4.78, 5) is 26.2. The number of carbonyl (C=O) groups excluding carboxylic acids is 2. The lowest BCUT2D eigenvalue weighted by Gasteiger charge is -2.24. The standard InChI is InChI=1S/C18H25N3O2/c22-17(12-14-4-2-1-3-5-14)19-10-8-18(23)21-11-9-15-6-7-16(13-21)20-15/h1-5,15-16,20H,6-13H2,(H,19,22). The first-order valence-corrected chi connectivity index (χ1v) is 8.55. The number of carbonyl (C=O) groups is 2. The lowest BCUT2D eigenvalue weighted by atomic mass is 10.1. The molecule has 2 aliphatic heterocycles. The van der Waals surface area contributed by atoms with Crippen molar-refractivity contribution in [2.45, 2.75) is 44.2 Å². The van der Waals surface area contributed by atoms with Crippen LogP contribution in [0.2, 0.25) is 0 Å². The average molecular weight is 315 g/mol. The Labute approximate surface area is 137 Å². The zero-order valence-corrected chi connectivity index (χ0v) is 13.5. The predicted molar refractivity (Wildman–Crippen MR) is 88.9 cm³/mol. The second kappa shape index (κ2) is 7.59. The third-order valence-electron chi connectivity index (χ3n) is 4.74. The molecule has 2 atom stereocenters. The van der Waals surface area contributed by atoms with Gasteiger partial charge in [0, 0.05) is 38.1 Å². The van der Waals surface area contributed by atoms with Crippen molar-refractivity contribution in [3.05, 3.63) is 35.9 Å². The van der Waals surface area contributed by atoms with Gasteiger partial charge in [-0.25, -0.2) is 0 Å². The van der Waals surface area contributed by atoms with E-state index in [1.807, 2.05) is 35.2 Å². The van der Waals surface area contributed by atoms with Gasteiger partial charge in [-0.1, -0.05) is 30.3 Å². The number of rotatable bonds is 5. The first-order chi connectivity index (χ1) is 11.2. The number of benzene rings is 1. The van der Waals surface area contributed by atoms with Gasteiger partial charge in [0.25, 0.3) is 0 Å². The molecule has 5 nitrogen and oxygen atoms in total. The van der Waals surface area contributed by atoms with Crippen LogP contribution in [0.25, 0.3) is 0 Å². The van der Waals surface area contributed by atoms with Crippen LogP contribution < -0.4 is 10.6 Å². The van der Waals surface area contributed by atoms with E-state index in [1.54, 1.807) is 0 Å². The molecule has 1 aromatic rings. The fraction of sp³-hybridized carbons (Fsp3) is 0.556. The molecular weight excluding hydrogens is 290 g/mol. The Balaban J connectivity index is 1.38. The summed E-state index contributed by atoms with van der Waals surface area (Å²) in [6.07, 6.45) is 4.21. The number of nitrogens with one attached hydrogen (secondary N) is 2. The van der Waals surface area contributed by atoms with E-state index < -0.39 is 0 Å². The van der Waals surface area contributed by atoms with E-state index in [0.29, 0.717) is 31.5 Å². The van der Waals surface area contributed by atoms with Crippen molar-refractivity contribution in [3.63, 3.8) is 0 Å². The Morgan fingerprint density at radius 2 is 1.91 bits per heavy atom. The first kappa shape index (κ1) is 16.0. The van der Waals surface area contributed by atoms with Crippen molar-refractivity contribution < 1.29 is 9.59 Å². The number of amides is 2. The molecule has 3 rings (SSSR count). The van der Waals surface area contributed by atoms with Crippen molar-refractivity contribution in [1.82, 2.24) is 15.5 Å². The first-order valence-electron chi connectivity index (χ1n) is 8.55. The summed E-state index contributed by atoms with van der Waals surface area (Å²) in [5.74, 6) is 0.125. The van der Waals surface area contributed by atoms with Crippen molar-refractivity contribution >= 4 is 11.8 Å². The van der Waals surface area contributed by atoms with Crippen molar-refractivity contribution in [2.75, 3.05) is 19.6 Å². The van der Waals surface area contributed by atoms with Gasteiger partial charge in [-0.05, 0) is 24.8 Å². The molecule has 2 aliphatic rings. The predicted octanol–water partition coefficient (Wildman–Crippen LogP) is 1.09. The molecule has 0 saturated carbocycles. The molecule has 2 N–H and O–H groups in total. The highest BCUT2D eigenvalue weighted by atomic mass is 16.2. The Morgan fingerprint density at radius 3 is 2.74 bits per heavy atom. The third-order valence-corrected chi connectivity index (χ3v) is 4.74. The van der Waals surface area contributed by atoms with Gasteiger partial charge in [-0.2, -0.15) is 0 Å². The van der Waals surface area contributed by atoms with E-state index in [-0.39, 0.29) is 11.8 Å². The molecule has 2 bridgehead atoms. The molecule has 5 heteroatoms. The molecular formula is C18H25N3O2. The minimum Gasteiger partial charge on any atom is -0.355 e. The highest BCUT2D eigenvalue weighted by molar-refractivity contribution is 5.80. The third kappa shape index (κ3) is 4.55. The van der Waals surface area contributed by atoms with Crippen LogP contribution in [0, 0.1) is 0 Å². The van der Waals surface area contributed by atoms with Gasteiger partial charge < -0.3 is 15.5 Å². The number of hydrogen-bond acceptors (Lipinski definition) is 3. The van der Waals surface area contributed by atoms with Crippen molar-refractivity contribution in [3.8, 4) is 0 Å². The highest BCUT2D eigenvalue weighted by Gasteiger charge is 2.30. The summed E-state index contributed by atoms with van der Waals surface area (Å²) in [5.41, 5.74) is 0.992. The molecule has 0 aromatic heterocycles. The molecule has 2 amide bonds. The van der Waals surface area contributed by atoms with Crippen molar-refractivity contribution in [1.29, 1.82) is 0 Å². The number of nitrogens with zero attached hydrogens (tertiary/aromatic N) is 1. The van der Waals surface area contributed by atoms with Crippen LogP contribution in [0.4, 0.5) is 0 Å². The maximum atomic E-state index is 12.3. The Kier molecular flexibility index (Phi) is 5.28. The van der Waals surface area contributed by atoms with Gasteiger partial charge in [0.05, 0.1) is 6.42 Å².